The number of piperazine rings is 1. The molecule has 1 fully saturated rings. The summed E-state index contributed by atoms with van der Waals surface area (Å²) >= 11 is 0. The number of nitrogens with zero attached hydrogens (tertiary/aromatic N) is 2. The molecule has 1 N–H and O–H groups in total. The third-order valence-corrected chi connectivity index (χ3v) is 4.12. The van der Waals surface area contributed by atoms with Gasteiger partial charge in [-0.15, -0.1) is 0 Å². The number of carbonyl (C=O) groups is 1. The molecule has 0 aliphatic carbocycles. The molecule has 5 nitrogen and oxygen atoms in total. The topological polar surface area (TPSA) is 56.9 Å². The van der Waals surface area contributed by atoms with Gasteiger partial charge in [-0.05, 0) is 33.8 Å². The van der Waals surface area contributed by atoms with E-state index in [9.17, 15) is 9.90 Å². The smallest absolute Gasteiger partial charge is 0.230 e. The first-order valence-corrected chi connectivity index (χ1v) is 7.64. The Bertz CT molecular complexity index is 488. The predicted octanol–water partition coefficient (Wildman–Crippen LogP) is 1.52. The van der Waals surface area contributed by atoms with Gasteiger partial charge in [0.05, 0.1) is 12.0 Å². The molecule has 0 spiro atoms. The minimum atomic E-state index is -0.317. The van der Waals surface area contributed by atoms with Gasteiger partial charge in [-0.3, -0.25) is 9.69 Å². The summed E-state index contributed by atoms with van der Waals surface area (Å²) in [5.41, 5.74) is 0.990. The lowest BCUT2D eigenvalue weighted by Gasteiger charge is -2.36. The highest BCUT2D eigenvalue weighted by Gasteiger charge is 2.27. The third-order valence-electron chi connectivity index (χ3n) is 4.12. The summed E-state index contributed by atoms with van der Waals surface area (Å²) in [6.45, 7) is 11.3. The van der Waals surface area contributed by atoms with Gasteiger partial charge in [0, 0.05) is 38.3 Å². The van der Waals surface area contributed by atoms with Crippen molar-refractivity contribution in [3.63, 3.8) is 0 Å². The molecular weight excluding hydrogens is 268 g/mol. The van der Waals surface area contributed by atoms with Crippen LogP contribution in [0, 0.1) is 13.8 Å². The molecule has 0 radical (unpaired) electrons. The number of β-amino-alcohol motifs (C(OH)–C–C–N with tert-alkyl or cyclic N) is 1. The Balaban J connectivity index is 1.94. The van der Waals surface area contributed by atoms with Gasteiger partial charge in [0.1, 0.15) is 11.5 Å². The number of carbonyl (C=O) groups excluding carboxylic acids is 1. The lowest BCUT2D eigenvalue weighted by Crippen LogP contribution is -2.51. The molecule has 1 aromatic heterocycles. The van der Waals surface area contributed by atoms with Gasteiger partial charge >= 0.3 is 0 Å². The van der Waals surface area contributed by atoms with Crippen LogP contribution < -0.4 is 0 Å². The van der Waals surface area contributed by atoms with E-state index in [0.29, 0.717) is 6.54 Å². The van der Waals surface area contributed by atoms with Gasteiger partial charge in [-0.2, -0.15) is 0 Å². The molecule has 1 saturated heterocycles. The second-order valence-corrected chi connectivity index (χ2v) is 6.07. The maximum Gasteiger partial charge on any atom is 0.230 e. The number of amides is 1. The fraction of sp³-hybridized carbons (Fsp3) is 0.688. The normalized spacial score (nSPS) is 19.6. The highest BCUT2D eigenvalue weighted by Crippen LogP contribution is 2.25. The summed E-state index contributed by atoms with van der Waals surface area (Å²) in [5, 5.41) is 9.42. The quantitative estimate of drug-likeness (QED) is 0.915. The fourth-order valence-corrected chi connectivity index (χ4v) is 3.01. The number of aliphatic hydroxyl groups is 1. The van der Waals surface area contributed by atoms with Crippen LogP contribution in [0.3, 0.4) is 0 Å². The summed E-state index contributed by atoms with van der Waals surface area (Å²) in [6.07, 6.45) is -0.317. The molecule has 0 unspecified atom stereocenters. The number of aryl methyl sites for hydroxylation is 2. The van der Waals surface area contributed by atoms with Crippen molar-refractivity contribution in [1.29, 1.82) is 0 Å². The molecule has 1 aliphatic rings. The van der Waals surface area contributed by atoms with Gasteiger partial charge in [-0.25, -0.2) is 0 Å². The summed E-state index contributed by atoms with van der Waals surface area (Å²) in [4.78, 5) is 16.7. The first kappa shape index (κ1) is 16.0. The van der Waals surface area contributed by atoms with Crippen molar-refractivity contribution >= 4 is 5.91 Å². The minimum absolute atomic E-state index is 0.161. The molecule has 21 heavy (non-hydrogen) atoms. The van der Waals surface area contributed by atoms with E-state index in [1.807, 2.05) is 31.7 Å². The first-order valence-electron chi connectivity index (χ1n) is 7.64. The molecule has 0 aromatic carbocycles. The van der Waals surface area contributed by atoms with Crippen molar-refractivity contribution in [2.75, 3.05) is 32.7 Å². The molecule has 118 valence electrons. The predicted molar refractivity (Wildman–Crippen MR) is 81.3 cm³/mol. The third kappa shape index (κ3) is 3.86. The van der Waals surface area contributed by atoms with E-state index >= 15 is 0 Å². The second-order valence-electron chi connectivity index (χ2n) is 6.07. The summed E-state index contributed by atoms with van der Waals surface area (Å²) < 4.78 is 5.53. The van der Waals surface area contributed by atoms with Crippen LogP contribution in [0.5, 0.6) is 0 Å². The minimum Gasteiger partial charge on any atom is -0.466 e. The van der Waals surface area contributed by atoms with Crippen molar-refractivity contribution < 1.29 is 14.3 Å². The van der Waals surface area contributed by atoms with Crippen molar-refractivity contribution in [2.45, 2.75) is 39.7 Å². The van der Waals surface area contributed by atoms with Crippen molar-refractivity contribution in [3.8, 4) is 0 Å². The highest BCUT2D eigenvalue weighted by molar-refractivity contribution is 5.83. The van der Waals surface area contributed by atoms with E-state index in [4.69, 9.17) is 4.42 Å². The Morgan fingerprint density at radius 3 is 2.38 bits per heavy atom. The molecule has 5 heteroatoms. The number of rotatable bonds is 4. The van der Waals surface area contributed by atoms with Crippen molar-refractivity contribution in [3.05, 3.63) is 23.2 Å². The van der Waals surface area contributed by atoms with E-state index in [1.54, 1.807) is 6.92 Å². The highest BCUT2D eigenvalue weighted by atomic mass is 16.3. The SMILES string of the molecule is Cc1cc([C@@H](C)C(=O)N2CCN(C[C@@H](C)O)CC2)c(C)o1. The van der Waals surface area contributed by atoms with E-state index in [2.05, 4.69) is 4.90 Å². The average molecular weight is 294 g/mol. The molecule has 2 rings (SSSR count). The van der Waals surface area contributed by atoms with Crippen LogP contribution in [0.4, 0.5) is 0 Å². The Morgan fingerprint density at radius 2 is 1.90 bits per heavy atom. The van der Waals surface area contributed by atoms with E-state index < -0.39 is 0 Å². The van der Waals surface area contributed by atoms with Gasteiger partial charge < -0.3 is 14.4 Å². The summed E-state index contributed by atoms with van der Waals surface area (Å²) in [6, 6.07) is 1.96. The van der Waals surface area contributed by atoms with Gasteiger partial charge in [0.25, 0.3) is 0 Å². The van der Waals surface area contributed by atoms with Crippen LogP contribution in [-0.2, 0) is 4.79 Å². The van der Waals surface area contributed by atoms with Crippen LogP contribution in [0.25, 0.3) is 0 Å². The van der Waals surface area contributed by atoms with Gasteiger partial charge in [0.2, 0.25) is 5.91 Å². The number of hydrogen-bond donors (Lipinski definition) is 1. The monoisotopic (exact) mass is 294 g/mol. The maximum atomic E-state index is 12.6. The molecule has 2 atom stereocenters. The summed E-state index contributed by atoms with van der Waals surface area (Å²) in [5.74, 6) is 1.69. The average Bonchev–Trinajstić information content (AvgIpc) is 2.76. The lowest BCUT2D eigenvalue weighted by molar-refractivity contribution is -0.134. The van der Waals surface area contributed by atoms with Gasteiger partial charge in [-0.1, -0.05) is 0 Å². The molecule has 0 bridgehead atoms. The Labute approximate surface area is 126 Å². The van der Waals surface area contributed by atoms with E-state index in [0.717, 1.165) is 43.3 Å². The van der Waals surface area contributed by atoms with Crippen LogP contribution >= 0.6 is 0 Å². The van der Waals surface area contributed by atoms with Gasteiger partial charge in [0.15, 0.2) is 0 Å². The fourth-order valence-electron chi connectivity index (χ4n) is 3.01. The van der Waals surface area contributed by atoms with E-state index in [1.165, 1.54) is 0 Å². The van der Waals surface area contributed by atoms with Crippen molar-refractivity contribution in [1.82, 2.24) is 9.80 Å². The zero-order valence-corrected chi connectivity index (χ0v) is 13.4. The van der Waals surface area contributed by atoms with Crippen LogP contribution in [-0.4, -0.2) is 59.6 Å². The molecule has 0 saturated carbocycles. The zero-order chi connectivity index (χ0) is 15.6. The Kier molecular flexibility index (Phi) is 5.06. The zero-order valence-electron chi connectivity index (χ0n) is 13.4. The van der Waals surface area contributed by atoms with Crippen molar-refractivity contribution in [2.24, 2.45) is 0 Å². The van der Waals surface area contributed by atoms with Crippen LogP contribution in [0.1, 0.15) is 36.8 Å². The second kappa shape index (κ2) is 6.62. The Hall–Kier alpha value is -1.33. The van der Waals surface area contributed by atoms with E-state index in [-0.39, 0.29) is 17.9 Å². The number of furan rings is 1. The lowest BCUT2D eigenvalue weighted by atomic mass is 9.99. The maximum absolute atomic E-state index is 12.6. The number of hydrogen-bond acceptors (Lipinski definition) is 4. The standard InChI is InChI=1S/C16H26N2O3/c1-11(19)10-17-5-7-18(8-6-17)16(20)13(3)15-9-12(2)21-14(15)4/h9,11,13,19H,5-8,10H2,1-4H3/t11-,13-/m1/s1. The molecule has 1 aromatic rings. The van der Waals surface area contributed by atoms with Crippen LogP contribution in [0.2, 0.25) is 0 Å². The summed E-state index contributed by atoms with van der Waals surface area (Å²) in [7, 11) is 0. The first-order chi connectivity index (χ1) is 9.88. The molecule has 1 amide bonds. The molecule has 1 aliphatic heterocycles. The van der Waals surface area contributed by atoms with Crippen LogP contribution in [0.15, 0.2) is 10.5 Å². The Morgan fingerprint density at radius 1 is 1.29 bits per heavy atom. The largest absolute Gasteiger partial charge is 0.466 e. The molecular formula is C16H26N2O3. The number of aliphatic hydroxyl groups excluding tert-OH is 1. The molecule has 2 heterocycles.